The Kier molecular flexibility index (Phi) is 4.34. The summed E-state index contributed by atoms with van der Waals surface area (Å²) < 4.78 is 0. The lowest BCUT2D eigenvalue weighted by Crippen LogP contribution is -2.28. The molecule has 17 heavy (non-hydrogen) atoms. The smallest absolute Gasteiger partial charge is 0.246 e. The number of hydrogen-bond acceptors (Lipinski definition) is 3. The van der Waals surface area contributed by atoms with E-state index in [9.17, 15) is 4.79 Å². The van der Waals surface area contributed by atoms with Crippen LogP contribution in [-0.4, -0.2) is 37.5 Å². The van der Waals surface area contributed by atoms with Gasteiger partial charge in [0.15, 0.2) is 0 Å². The Labute approximate surface area is 106 Å². The molecule has 92 valence electrons. The largest absolute Gasteiger partial charge is 0.339 e. The fraction of sp³-hybridized carbons (Fsp3) is 0.462. The van der Waals surface area contributed by atoms with Gasteiger partial charge in [0.1, 0.15) is 0 Å². The number of likely N-dealkylation sites (tertiary alicyclic amines) is 1. The van der Waals surface area contributed by atoms with Crippen molar-refractivity contribution in [1.82, 2.24) is 10.2 Å². The van der Waals surface area contributed by atoms with E-state index in [0.29, 0.717) is 5.92 Å². The Morgan fingerprint density at radius 2 is 2.59 bits per heavy atom. The Morgan fingerprint density at radius 3 is 3.29 bits per heavy atom. The molecule has 1 aromatic heterocycles. The van der Waals surface area contributed by atoms with E-state index in [-0.39, 0.29) is 5.91 Å². The molecule has 2 heterocycles. The molecule has 1 aromatic rings. The summed E-state index contributed by atoms with van der Waals surface area (Å²) in [6.07, 6.45) is 4.70. The highest BCUT2D eigenvalue weighted by molar-refractivity contribution is 7.10. The Hall–Kier alpha value is -1.13. The molecule has 0 spiro atoms. The number of amides is 1. The first kappa shape index (κ1) is 12.3. The summed E-state index contributed by atoms with van der Waals surface area (Å²) in [4.78, 5) is 15.0. The number of rotatable bonds is 4. The second kappa shape index (κ2) is 5.98. The maximum absolute atomic E-state index is 11.9. The molecule has 0 aromatic carbocycles. The van der Waals surface area contributed by atoms with E-state index in [1.54, 1.807) is 17.4 Å². The number of thiophene rings is 1. The van der Waals surface area contributed by atoms with Gasteiger partial charge in [-0.1, -0.05) is 6.07 Å². The van der Waals surface area contributed by atoms with Crippen LogP contribution in [0.3, 0.4) is 0 Å². The lowest BCUT2D eigenvalue weighted by Gasteiger charge is -2.14. The topological polar surface area (TPSA) is 32.3 Å². The van der Waals surface area contributed by atoms with Crippen LogP contribution < -0.4 is 5.32 Å². The molecule has 0 bridgehead atoms. The minimum absolute atomic E-state index is 0.136. The zero-order valence-corrected chi connectivity index (χ0v) is 10.9. The molecule has 1 atom stereocenters. The fourth-order valence-corrected chi connectivity index (χ4v) is 2.75. The minimum Gasteiger partial charge on any atom is -0.339 e. The maximum Gasteiger partial charge on any atom is 0.246 e. The molecule has 2 rings (SSSR count). The second-order valence-electron chi connectivity index (χ2n) is 4.35. The van der Waals surface area contributed by atoms with Crippen LogP contribution in [0.15, 0.2) is 23.6 Å². The van der Waals surface area contributed by atoms with Crippen LogP contribution in [0.1, 0.15) is 11.3 Å². The van der Waals surface area contributed by atoms with Crippen LogP contribution in [0.5, 0.6) is 0 Å². The fourth-order valence-electron chi connectivity index (χ4n) is 2.13. The number of nitrogens with one attached hydrogen (secondary N) is 1. The van der Waals surface area contributed by atoms with Crippen LogP contribution in [0.2, 0.25) is 0 Å². The molecule has 4 heteroatoms. The van der Waals surface area contributed by atoms with Crippen molar-refractivity contribution in [1.29, 1.82) is 0 Å². The molecule has 1 fully saturated rings. The molecule has 0 saturated carbocycles. The van der Waals surface area contributed by atoms with Crippen LogP contribution in [0.4, 0.5) is 0 Å². The summed E-state index contributed by atoms with van der Waals surface area (Å²) in [5.74, 6) is 0.746. The van der Waals surface area contributed by atoms with E-state index in [2.05, 4.69) is 5.32 Å². The van der Waals surface area contributed by atoms with Crippen molar-refractivity contribution >= 4 is 23.3 Å². The van der Waals surface area contributed by atoms with Crippen molar-refractivity contribution in [3.05, 3.63) is 28.5 Å². The molecule has 1 aliphatic rings. The van der Waals surface area contributed by atoms with Gasteiger partial charge in [-0.25, -0.2) is 0 Å². The first-order valence-electron chi connectivity index (χ1n) is 5.94. The highest BCUT2D eigenvalue weighted by atomic mass is 32.1. The van der Waals surface area contributed by atoms with Gasteiger partial charge >= 0.3 is 0 Å². The third-order valence-electron chi connectivity index (χ3n) is 3.02. The molecule has 0 unspecified atom stereocenters. The van der Waals surface area contributed by atoms with Gasteiger partial charge in [0.05, 0.1) is 0 Å². The molecule has 1 N–H and O–H groups in total. The predicted molar refractivity (Wildman–Crippen MR) is 72.0 cm³/mol. The van der Waals surface area contributed by atoms with Crippen molar-refractivity contribution in [2.24, 2.45) is 5.92 Å². The Bertz CT molecular complexity index is 386. The van der Waals surface area contributed by atoms with Gasteiger partial charge < -0.3 is 10.2 Å². The summed E-state index contributed by atoms with van der Waals surface area (Å²) in [6, 6.07) is 4.01. The summed E-state index contributed by atoms with van der Waals surface area (Å²) >= 11 is 1.65. The molecule has 0 aliphatic carbocycles. The van der Waals surface area contributed by atoms with Crippen molar-refractivity contribution in [2.75, 3.05) is 26.7 Å². The van der Waals surface area contributed by atoms with E-state index < -0.39 is 0 Å². The minimum atomic E-state index is 0.136. The molecular formula is C13H18N2OS. The first-order chi connectivity index (χ1) is 8.29. The average Bonchev–Trinajstić information content (AvgIpc) is 2.97. The summed E-state index contributed by atoms with van der Waals surface area (Å²) in [6.45, 7) is 2.77. The summed E-state index contributed by atoms with van der Waals surface area (Å²) in [5, 5.41) is 5.19. The van der Waals surface area contributed by atoms with Gasteiger partial charge in [-0.15, -0.1) is 11.3 Å². The Balaban J connectivity index is 1.85. The molecule has 0 radical (unpaired) electrons. The number of carbonyl (C=O) groups excluding carboxylic acids is 1. The quantitative estimate of drug-likeness (QED) is 0.827. The van der Waals surface area contributed by atoms with Gasteiger partial charge in [-0.05, 0) is 43.5 Å². The molecule has 1 saturated heterocycles. The third kappa shape index (κ3) is 3.41. The molecular weight excluding hydrogens is 232 g/mol. The predicted octanol–water partition coefficient (Wildman–Crippen LogP) is 1.83. The third-order valence-corrected chi connectivity index (χ3v) is 3.86. The van der Waals surface area contributed by atoms with Crippen molar-refractivity contribution < 1.29 is 4.79 Å². The first-order valence-corrected chi connectivity index (χ1v) is 6.82. The summed E-state index contributed by atoms with van der Waals surface area (Å²) in [7, 11) is 1.96. The van der Waals surface area contributed by atoms with Crippen molar-refractivity contribution in [3.8, 4) is 0 Å². The van der Waals surface area contributed by atoms with Gasteiger partial charge in [0, 0.05) is 24.0 Å². The number of hydrogen-bond donors (Lipinski definition) is 1. The van der Waals surface area contributed by atoms with Crippen molar-refractivity contribution in [2.45, 2.75) is 6.42 Å². The van der Waals surface area contributed by atoms with Gasteiger partial charge in [0.25, 0.3) is 0 Å². The summed E-state index contributed by atoms with van der Waals surface area (Å²) in [5.41, 5.74) is 0. The molecule has 1 amide bonds. The highest BCUT2D eigenvalue weighted by Gasteiger charge is 2.24. The highest BCUT2D eigenvalue weighted by Crippen LogP contribution is 2.16. The lowest BCUT2D eigenvalue weighted by atomic mass is 10.1. The van der Waals surface area contributed by atoms with Crippen molar-refractivity contribution in [3.63, 3.8) is 0 Å². The Morgan fingerprint density at radius 1 is 1.71 bits per heavy atom. The van der Waals surface area contributed by atoms with E-state index in [0.717, 1.165) is 30.9 Å². The normalized spacial score (nSPS) is 20.3. The van der Waals surface area contributed by atoms with E-state index >= 15 is 0 Å². The van der Waals surface area contributed by atoms with Crippen LogP contribution in [-0.2, 0) is 4.79 Å². The molecule has 1 aliphatic heterocycles. The molecule has 3 nitrogen and oxygen atoms in total. The van der Waals surface area contributed by atoms with Crippen LogP contribution in [0.25, 0.3) is 6.08 Å². The van der Waals surface area contributed by atoms with E-state index in [1.165, 1.54) is 0 Å². The maximum atomic E-state index is 11.9. The SMILES string of the molecule is CNC[C@@H]1CCN(C(=O)/C=C\c2cccs2)C1. The zero-order valence-electron chi connectivity index (χ0n) is 10.1. The van der Waals surface area contributed by atoms with Gasteiger partial charge in [-0.2, -0.15) is 0 Å². The standard InChI is InChI=1S/C13H18N2OS/c1-14-9-11-6-7-15(10-11)13(16)5-4-12-3-2-8-17-12/h2-5,8,11,14H,6-7,9-10H2,1H3/b5-4-/t11-/m0/s1. The van der Waals surface area contributed by atoms with E-state index in [4.69, 9.17) is 0 Å². The number of nitrogens with zero attached hydrogens (tertiary/aromatic N) is 1. The number of carbonyl (C=O) groups is 1. The second-order valence-corrected chi connectivity index (χ2v) is 5.32. The monoisotopic (exact) mass is 250 g/mol. The van der Waals surface area contributed by atoms with Crippen LogP contribution >= 0.6 is 11.3 Å². The average molecular weight is 250 g/mol. The van der Waals surface area contributed by atoms with Gasteiger partial charge in [0.2, 0.25) is 5.91 Å². The van der Waals surface area contributed by atoms with Gasteiger partial charge in [-0.3, -0.25) is 4.79 Å². The lowest BCUT2D eigenvalue weighted by molar-refractivity contribution is -0.125. The zero-order chi connectivity index (χ0) is 12.1. The van der Waals surface area contributed by atoms with E-state index in [1.807, 2.05) is 35.5 Å². The van der Waals surface area contributed by atoms with Crippen LogP contribution in [0, 0.1) is 5.92 Å².